The number of benzene rings is 1. The van der Waals surface area contributed by atoms with Crippen LogP contribution in [0.15, 0.2) is 70.8 Å². The van der Waals surface area contributed by atoms with Gasteiger partial charge in [0.05, 0.1) is 9.85 Å². The summed E-state index contributed by atoms with van der Waals surface area (Å²) in [4.78, 5) is 28.0. The van der Waals surface area contributed by atoms with Gasteiger partial charge in [0.2, 0.25) is 0 Å². The highest BCUT2D eigenvalue weighted by molar-refractivity contribution is 7.99. The lowest BCUT2D eigenvalue weighted by Crippen LogP contribution is -1.89. The minimum Gasteiger partial charge on any atom is -0.258 e. The summed E-state index contributed by atoms with van der Waals surface area (Å²) in [7, 11) is 0. The van der Waals surface area contributed by atoms with E-state index in [4.69, 9.17) is 23.2 Å². The molecule has 2 heterocycles. The molecule has 0 saturated heterocycles. The number of aromatic nitrogens is 2. The van der Waals surface area contributed by atoms with Crippen LogP contribution in [0.4, 0.5) is 11.4 Å². The van der Waals surface area contributed by atoms with Crippen LogP contribution in [0.2, 0.25) is 10.2 Å². The Balaban J connectivity index is 0.000000223. The van der Waals surface area contributed by atoms with E-state index in [2.05, 4.69) is 9.97 Å². The number of nitro groups is 2. The molecule has 138 valence electrons. The summed E-state index contributed by atoms with van der Waals surface area (Å²) in [6.07, 6.45) is 2.36. The molecule has 0 amide bonds. The first-order chi connectivity index (χ1) is 12.8. The number of halogens is 2. The monoisotopic (exact) mass is 424 g/mol. The highest BCUT2D eigenvalue weighted by atomic mass is 35.5. The lowest BCUT2D eigenvalue weighted by Gasteiger charge is -2.00. The summed E-state index contributed by atoms with van der Waals surface area (Å²) in [5.41, 5.74) is -0.0603. The molecule has 0 radical (unpaired) electrons. The Morgan fingerprint density at radius 2 is 1.33 bits per heavy atom. The van der Waals surface area contributed by atoms with Gasteiger partial charge >= 0.3 is 0 Å². The second-order valence-electron chi connectivity index (χ2n) is 4.76. The molecule has 1 aromatic carbocycles. The van der Waals surface area contributed by atoms with Crippen molar-refractivity contribution in [3.8, 4) is 0 Å². The first kappa shape index (κ1) is 20.6. The average Bonchev–Trinajstić information content (AvgIpc) is 2.65. The molecule has 8 nitrogen and oxygen atoms in total. The lowest BCUT2D eigenvalue weighted by molar-refractivity contribution is -0.385. The van der Waals surface area contributed by atoms with Gasteiger partial charge in [-0.25, -0.2) is 9.97 Å². The number of rotatable bonds is 4. The molecule has 0 aliphatic rings. The van der Waals surface area contributed by atoms with Gasteiger partial charge in [-0.1, -0.05) is 35.0 Å². The van der Waals surface area contributed by atoms with Crippen molar-refractivity contribution >= 4 is 46.3 Å². The van der Waals surface area contributed by atoms with Gasteiger partial charge in [-0.15, -0.1) is 0 Å². The van der Waals surface area contributed by atoms with E-state index >= 15 is 0 Å². The SMILES string of the molecule is O=[N+]([O-])c1ccc(Cl)nc1.O=[N+]([O-])c1ccc(Sc2ccc(Cl)cc2)nc1. The molecule has 0 spiro atoms. The molecule has 3 rings (SSSR count). The molecule has 0 bridgehead atoms. The van der Waals surface area contributed by atoms with Crippen LogP contribution in [0.5, 0.6) is 0 Å². The number of pyridine rings is 2. The van der Waals surface area contributed by atoms with Crippen LogP contribution in [-0.2, 0) is 0 Å². The second-order valence-corrected chi connectivity index (χ2v) is 6.68. The van der Waals surface area contributed by atoms with Crippen molar-refractivity contribution in [1.29, 1.82) is 0 Å². The smallest absolute Gasteiger partial charge is 0.258 e. The average molecular weight is 425 g/mol. The summed E-state index contributed by atoms with van der Waals surface area (Å²) in [6, 6.07) is 13.1. The predicted molar refractivity (Wildman–Crippen MR) is 102 cm³/mol. The van der Waals surface area contributed by atoms with E-state index in [-0.39, 0.29) is 16.5 Å². The van der Waals surface area contributed by atoms with Crippen LogP contribution in [0, 0.1) is 20.2 Å². The second kappa shape index (κ2) is 9.81. The molecule has 0 aliphatic carbocycles. The molecule has 27 heavy (non-hydrogen) atoms. The van der Waals surface area contributed by atoms with Gasteiger partial charge in [0.25, 0.3) is 11.4 Å². The zero-order chi connectivity index (χ0) is 19.8. The van der Waals surface area contributed by atoms with E-state index in [1.54, 1.807) is 18.2 Å². The highest BCUT2D eigenvalue weighted by Gasteiger charge is 2.06. The third kappa shape index (κ3) is 6.81. The molecule has 0 unspecified atom stereocenters. The maximum Gasteiger partial charge on any atom is 0.287 e. The van der Waals surface area contributed by atoms with Crippen molar-refractivity contribution in [2.24, 2.45) is 0 Å². The Kier molecular flexibility index (Phi) is 7.47. The molecule has 0 fully saturated rings. The number of hydrogen-bond donors (Lipinski definition) is 0. The van der Waals surface area contributed by atoms with E-state index in [0.717, 1.165) is 11.1 Å². The Bertz CT molecular complexity index is 923. The zero-order valence-electron chi connectivity index (χ0n) is 13.4. The van der Waals surface area contributed by atoms with Crippen molar-refractivity contribution in [2.75, 3.05) is 0 Å². The quantitative estimate of drug-likeness (QED) is 0.311. The van der Waals surface area contributed by atoms with Crippen molar-refractivity contribution in [3.63, 3.8) is 0 Å². The number of nitrogens with zero attached hydrogens (tertiary/aromatic N) is 4. The molecule has 2 aromatic heterocycles. The summed E-state index contributed by atoms with van der Waals surface area (Å²) >= 11 is 12.6. The lowest BCUT2D eigenvalue weighted by atomic mass is 10.4. The van der Waals surface area contributed by atoms with E-state index in [1.807, 2.05) is 12.1 Å². The molecule has 11 heteroatoms. The van der Waals surface area contributed by atoms with E-state index < -0.39 is 9.85 Å². The van der Waals surface area contributed by atoms with Crippen LogP contribution in [-0.4, -0.2) is 19.8 Å². The van der Waals surface area contributed by atoms with Crippen LogP contribution in [0.25, 0.3) is 0 Å². The topological polar surface area (TPSA) is 112 Å². The normalized spacial score (nSPS) is 9.85. The fourth-order valence-corrected chi connectivity index (χ4v) is 2.63. The van der Waals surface area contributed by atoms with Crippen LogP contribution in [0.3, 0.4) is 0 Å². The zero-order valence-corrected chi connectivity index (χ0v) is 15.7. The van der Waals surface area contributed by atoms with Crippen molar-refractivity contribution < 1.29 is 9.85 Å². The fourth-order valence-electron chi connectivity index (χ4n) is 1.64. The standard InChI is InChI=1S/C11H7ClN2O2S.C5H3ClN2O2/c12-8-1-4-10(5-2-8)17-11-6-3-9(7-13-11)14(15)16;6-5-2-1-4(3-7-5)8(9)10/h1-7H;1-3H. The third-order valence-electron chi connectivity index (χ3n) is 2.89. The Labute approximate surface area is 167 Å². The van der Waals surface area contributed by atoms with Gasteiger partial charge in [-0.2, -0.15) is 0 Å². The predicted octanol–water partition coefficient (Wildman–Crippen LogP) is 5.44. The molecule has 0 N–H and O–H groups in total. The van der Waals surface area contributed by atoms with Gasteiger partial charge < -0.3 is 0 Å². The molecular weight excluding hydrogens is 415 g/mol. The van der Waals surface area contributed by atoms with Crippen molar-refractivity contribution in [1.82, 2.24) is 9.97 Å². The largest absolute Gasteiger partial charge is 0.287 e. The Hall–Kier alpha value is -2.75. The molecule has 0 aliphatic heterocycles. The first-order valence-electron chi connectivity index (χ1n) is 7.15. The minimum absolute atomic E-state index is 0.00884. The summed E-state index contributed by atoms with van der Waals surface area (Å²) < 4.78 is 0. The van der Waals surface area contributed by atoms with Crippen molar-refractivity contribution in [3.05, 3.63) is 91.3 Å². The van der Waals surface area contributed by atoms with Crippen LogP contribution >= 0.6 is 35.0 Å². The highest BCUT2D eigenvalue weighted by Crippen LogP contribution is 2.27. The summed E-state index contributed by atoms with van der Waals surface area (Å²) in [6.45, 7) is 0. The minimum atomic E-state index is -0.524. The van der Waals surface area contributed by atoms with Gasteiger partial charge in [-0.3, -0.25) is 20.2 Å². The summed E-state index contributed by atoms with van der Waals surface area (Å²) in [5.74, 6) is 0. The van der Waals surface area contributed by atoms with Crippen molar-refractivity contribution in [2.45, 2.75) is 9.92 Å². The molecular formula is C16H10Cl2N4O4S. The summed E-state index contributed by atoms with van der Waals surface area (Å²) in [5, 5.41) is 22.1. The maximum absolute atomic E-state index is 10.5. The maximum atomic E-state index is 10.5. The van der Waals surface area contributed by atoms with Gasteiger partial charge in [0, 0.05) is 22.1 Å². The van der Waals surface area contributed by atoms with Crippen LogP contribution in [0.1, 0.15) is 0 Å². The molecule has 3 aromatic rings. The first-order valence-corrected chi connectivity index (χ1v) is 8.72. The Morgan fingerprint density at radius 1 is 0.778 bits per heavy atom. The van der Waals surface area contributed by atoms with Crippen LogP contribution < -0.4 is 0 Å². The van der Waals surface area contributed by atoms with E-state index in [1.165, 1.54) is 36.2 Å². The van der Waals surface area contributed by atoms with E-state index in [9.17, 15) is 20.2 Å². The van der Waals surface area contributed by atoms with Gasteiger partial charge in [-0.05, 0) is 36.4 Å². The number of hydrogen-bond acceptors (Lipinski definition) is 7. The Morgan fingerprint density at radius 3 is 1.78 bits per heavy atom. The molecule has 0 atom stereocenters. The van der Waals surface area contributed by atoms with Gasteiger partial charge in [0.1, 0.15) is 22.6 Å². The molecule has 0 saturated carbocycles. The van der Waals surface area contributed by atoms with E-state index in [0.29, 0.717) is 10.0 Å². The van der Waals surface area contributed by atoms with Gasteiger partial charge in [0.15, 0.2) is 0 Å². The third-order valence-corrected chi connectivity index (χ3v) is 4.32. The fraction of sp³-hybridized carbons (Fsp3) is 0.